The van der Waals surface area contributed by atoms with Gasteiger partial charge in [-0.1, -0.05) is 133 Å². The molecule has 0 unspecified atom stereocenters. The lowest BCUT2D eigenvalue weighted by atomic mass is 9.43. The van der Waals surface area contributed by atoms with Crippen molar-refractivity contribution in [1.29, 1.82) is 0 Å². The van der Waals surface area contributed by atoms with Gasteiger partial charge in [0.15, 0.2) is 0 Å². The lowest BCUT2D eigenvalue weighted by molar-refractivity contribution is -0.0399. The number of para-hydroxylation sites is 1. The van der Waals surface area contributed by atoms with Crippen LogP contribution in [-0.4, -0.2) is 0 Å². The molecule has 4 saturated carbocycles. The average Bonchev–Trinajstić information content (AvgIpc) is 3.56. The van der Waals surface area contributed by atoms with E-state index in [-0.39, 0.29) is 5.41 Å². The quantitative estimate of drug-likeness (QED) is 0.163. The number of anilines is 3. The van der Waals surface area contributed by atoms with Crippen LogP contribution < -0.4 is 4.90 Å². The minimum absolute atomic E-state index is 0.0785. The summed E-state index contributed by atoms with van der Waals surface area (Å²) in [5.74, 6) is 3.21. The maximum absolute atomic E-state index is 2.68. The van der Waals surface area contributed by atoms with Crippen LogP contribution in [0, 0.1) is 37.5 Å². The highest BCUT2D eigenvalue weighted by atomic mass is 15.1. The van der Waals surface area contributed by atoms with E-state index in [1.165, 1.54) is 104 Å². The van der Waals surface area contributed by atoms with Crippen molar-refractivity contribution in [2.24, 2.45) is 23.7 Å². The first-order valence-electron chi connectivity index (χ1n) is 21.9. The Kier molecular flexibility index (Phi) is 7.93. The molecule has 0 atom stereocenters. The number of benzene rings is 8. The zero-order valence-electron chi connectivity index (χ0n) is 34.0. The molecular formula is C58H49N. The summed E-state index contributed by atoms with van der Waals surface area (Å²) < 4.78 is 0. The summed E-state index contributed by atoms with van der Waals surface area (Å²) >= 11 is 0. The SMILES string of the molecule is Cc1ccc2c(-c3ccc4c(c3)C3(c5cc(-c6ccccc6)ccc5-4)C4CC5CC(C4)CC3C5)c(C)cc(N(c3ccccc3)c3ccc(-c4ccccc4)cc3)c2c1. The highest BCUT2D eigenvalue weighted by Crippen LogP contribution is 2.70. The minimum atomic E-state index is 0.0785. The third kappa shape index (κ3) is 5.37. The van der Waals surface area contributed by atoms with Crippen LogP contribution in [0.5, 0.6) is 0 Å². The van der Waals surface area contributed by atoms with E-state index >= 15 is 0 Å². The molecule has 0 aliphatic heterocycles. The van der Waals surface area contributed by atoms with E-state index < -0.39 is 0 Å². The van der Waals surface area contributed by atoms with E-state index in [2.05, 4.69) is 195 Å². The van der Waals surface area contributed by atoms with Gasteiger partial charge in [0.2, 0.25) is 0 Å². The van der Waals surface area contributed by atoms with Gasteiger partial charge in [-0.25, -0.2) is 0 Å². The van der Waals surface area contributed by atoms with Crippen molar-refractivity contribution < 1.29 is 0 Å². The van der Waals surface area contributed by atoms with E-state index in [1.807, 2.05) is 0 Å². The number of aryl methyl sites for hydroxylation is 2. The van der Waals surface area contributed by atoms with Gasteiger partial charge in [0, 0.05) is 22.2 Å². The van der Waals surface area contributed by atoms with Gasteiger partial charge < -0.3 is 4.90 Å². The van der Waals surface area contributed by atoms with Crippen molar-refractivity contribution in [3.63, 3.8) is 0 Å². The molecule has 1 nitrogen and oxygen atoms in total. The van der Waals surface area contributed by atoms with E-state index in [0.717, 1.165) is 23.2 Å². The van der Waals surface area contributed by atoms with Gasteiger partial charge in [-0.15, -0.1) is 0 Å². The van der Waals surface area contributed by atoms with E-state index in [4.69, 9.17) is 0 Å². The lowest BCUT2D eigenvalue weighted by Crippen LogP contribution is -2.55. The van der Waals surface area contributed by atoms with Crippen molar-refractivity contribution in [1.82, 2.24) is 0 Å². The molecule has 59 heavy (non-hydrogen) atoms. The summed E-state index contributed by atoms with van der Waals surface area (Å²) in [6.07, 6.45) is 6.97. The summed E-state index contributed by atoms with van der Waals surface area (Å²) in [4.78, 5) is 2.46. The molecule has 8 aromatic rings. The molecule has 286 valence electrons. The summed E-state index contributed by atoms with van der Waals surface area (Å²) in [5.41, 5.74) is 20.2. The molecule has 4 fully saturated rings. The fourth-order valence-corrected chi connectivity index (χ4v) is 12.8. The molecule has 0 amide bonds. The number of nitrogens with zero attached hydrogens (tertiary/aromatic N) is 1. The molecule has 5 aliphatic carbocycles. The second-order valence-corrected chi connectivity index (χ2v) is 18.3. The number of fused-ring (bicyclic) bond motifs is 4. The summed E-state index contributed by atoms with van der Waals surface area (Å²) in [6.45, 7) is 4.57. The largest absolute Gasteiger partial charge is 0.310 e. The van der Waals surface area contributed by atoms with E-state index in [1.54, 1.807) is 11.1 Å². The van der Waals surface area contributed by atoms with Gasteiger partial charge >= 0.3 is 0 Å². The molecule has 0 heterocycles. The van der Waals surface area contributed by atoms with Crippen molar-refractivity contribution in [2.45, 2.75) is 51.4 Å². The van der Waals surface area contributed by atoms with Gasteiger partial charge in [-0.2, -0.15) is 0 Å². The van der Waals surface area contributed by atoms with E-state index in [9.17, 15) is 0 Å². The van der Waals surface area contributed by atoms with Gasteiger partial charge in [0.1, 0.15) is 0 Å². The van der Waals surface area contributed by atoms with Crippen LogP contribution in [0.3, 0.4) is 0 Å². The third-order valence-electron chi connectivity index (χ3n) is 15.0. The van der Waals surface area contributed by atoms with E-state index in [0.29, 0.717) is 11.8 Å². The van der Waals surface area contributed by atoms with Crippen LogP contribution in [0.2, 0.25) is 0 Å². The normalized spacial score (nSPS) is 22.1. The molecule has 0 N–H and O–H groups in total. The average molecular weight is 760 g/mol. The maximum Gasteiger partial charge on any atom is 0.0543 e. The number of hydrogen-bond donors (Lipinski definition) is 0. The lowest BCUT2D eigenvalue weighted by Gasteiger charge is -2.61. The second-order valence-electron chi connectivity index (χ2n) is 18.3. The summed E-state index contributed by atoms with van der Waals surface area (Å²) in [7, 11) is 0. The van der Waals surface area contributed by atoms with Crippen LogP contribution in [0.25, 0.3) is 55.3 Å². The van der Waals surface area contributed by atoms with Gasteiger partial charge in [0.25, 0.3) is 0 Å². The Labute approximate surface area is 349 Å². The van der Waals surface area contributed by atoms with Crippen molar-refractivity contribution in [3.8, 4) is 44.5 Å². The van der Waals surface area contributed by atoms with Crippen LogP contribution in [0.4, 0.5) is 17.1 Å². The predicted octanol–water partition coefficient (Wildman–Crippen LogP) is 15.7. The third-order valence-corrected chi connectivity index (χ3v) is 15.0. The van der Waals surface area contributed by atoms with Crippen LogP contribution in [0.15, 0.2) is 176 Å². The van der Waals surface area contributed by atoms with Crippen molar-refractivity contribution >= 4 is 27.8 Å². The molecule has 0 aromatic heterocycles. The van der Waals surface area contributed by atoms with Gasteiger partial charge in [-0.3, -0.25) is 0 Å². The van der Waals surface area contributed by atoms with Crippen LogP contribution in [0.1, 0.15) is 54.4 Å². The molecule has 4 bridgehead atoms. The molecular weight excluding hydrogens is 711 g/mol. The Morgan fingerprint density at radius 1 is 0.424 bits per heavy atom. The molecule has 8 aromatic carbocycles. The zero-order chi connectivity index (χ0) is 39.2. The van der Waals surface area contributed by atoms with Gasteiger partial charge in [0.05, 0.1) is 5.69 Å². The Morgan fingerprint density at radius 2 is 0.932 bits per heavy atom. The first kappa shape index (κ1) is 34.8. The van der Waals surface area contributed by atoms with Crippen LogP contribution in [-0.2, 0) is 5.41 Å². The number of rotatable bonds is 6. The summed E-state index contributed by atoms with van der Waals surface area (Å²) in [5, 5.41) is 2.59. The smallest absolute Gasteiger partial charge is 0.0543 e. The summed E-state index contributed by atoms with van der Waals surface area (Å²) in [6, 6.07) is 66.4. The number of hydrogen-bond acceptors (Lipinski definition) is 1. The van der Waals surface area contributed by atoms with Crippen molar-refractivity contribution in [3.05, 3.63) is 198 Å². The Morgan fingerprint density at radius 3 is 1.56 bits per heavy atom. The Hall–Kier alpha value is -6.18. The van der Waals surface area contributed by atoms with Crippen molar-refractivity contribution in [2.75, 3.05) is 4.90 Å². The predicted molar refractivity (Wildman–Crippen MR) is 248 cm³/mol. The Bertz CT molecular complexity index is 2860. The molecule has 0 radical (unpaired) electrons. The fourth-order valence-electron chi connectivity index (χ4n) is 12.8. The second kappa shape index (κ2) is 13.4. The molecule has 1 heteroatoms. The Balaban J connectivity index is 1.04. The topological polar surface area (TPSA) is 3.24 Å². The molecule has 5 aliphatic rings. The first-order chi connectivity index (χ1) is 29.0. The maximum atomic E-state index is 2.68. The highest BCUT2D eigenvalue weighted by molar-refractivity contribution is 6.08. The monoisotopic (exact) mass is 759 g/mol. The minimum Gasteiger partial charge on any atom is -0.310 e. The highest BCUT2D eigenvalue weighted by Gasteiger charge is 2.61. The van der Waals surface area contributed by atoms with Crippen LogP contribution >= 0.6 is 0 Å². The van der Waals surface area contributed by atoms with Gasteiger partial charge in [-0.05, 0) is 185 Å². The first-order valence-corrected chi connectivity index (χ1v) is 21.9. The zero-order valence-corrected chi connectivity index (χ0v) is 34.0. The fraction of sp³-hybridized carbons (Fsp3) is 0.207. The molecule has 13 rings (SSSR count). The standard InChI is InChI=1S/C58H49N/c1-37-18-25-52-53(28-37)56(59(48-16-10-5-11-17-48)49-23-19-43(20-24-49)41-12-6-3-7-13-41)29-38(2)57(52)45-22-27-51-50-26-21-44(42-14-8-4-9-15-42)35-54(50)58(55(51)36-45)46-31-39-30-40(33-46)34-47(58)32-39/h3-29,35-36,39-40,46-47H,30-34H2,1-2H3. The molecule has 1 spiro atoms. The molecule has 0 saturated heterocycles.